The van der Waals surface area contributed by atoms with Crippen LogP contribution in [-0.4, -0.2) is 28.5 Å². The van der Waals surface area contributed by atoms with E-state index in [1.807, 2.05) is 25.1 Å². The molecule has 0 saturated carbocycles. The van der Waals surface area contributed by atoms with Crippen molar-refractivity contribution in [3.05, 3.63) is 119 Å². The van der Waals surface area contributed by atoms with Gasteiger partial charge < -0.3 is 19.7 Å². The van der Waals surface area contributed by atoms with Crippen LogP contribution in [0.15, 0.2) is 103 Å². The number of carbonyl (C=O) groups excluding carboxylic acids is 2. The fourth-order valence-corrected chi connectivity index (χ4v) is 4.73. The number of benzene rings is 4. The summed E-state index contributed by atoms with van der Waals surface area (Å²) < 4.78 is 11.5. The fraction of sp³-hybridized carbons (Fsp3) is 0.0968. The molecular formula is C31H24ClNO6. The number of rotatable bonds is 7. The van der Waals surface area contributed by atoms with E-state index in [0.29, 0.717) is 29.4 Å². The molecule has 1 amide bonds. The normalized spacial score (nSPS) is 16.4. The van der Waals surface area contributed by atoms with Gasteiger partial charge in [-0.05, 0) is 67.1 Å². The van der Waals surface area contributed by atoms with Crippen LogP contribution in [0, 0.1) is 0 Å². The molecule has 1 aliphatic rings. The minimum absolute atomic E-state index is 0.118. The third kappa shape index (κ3) is 5.04. The van der Waals surface area contributed by atoms with E-state index in [-0.39, 0.29) is 27.6 Å². The van der Waals surface area contributed by atoms with Gasteiger partial charge in [0, 0.05) is 5.56 Å². The molecule has 0 spiro atoms. The van der Waals surface area contributed by atoms with Gasteiger partial charge in [0.1, 0.15) is 28.8 Å². The van der Waals surface area contributed by atoms with Crippen molar-refractivity contribution in [3.8, 4) is 23.0 Å². The Kier molecular flexibility index (Phi) is 7.25. The lowest BCUT2D eigenvalue weighted by Crippen LogP contribution is -2.29. The topological polar surface area (TPSA) is 96.3 Å². The summed E-state index contributed by atoms with van der Waals surface area (Å²) >= 11 is 6.42. The van der Waals surface area contributed by atoms with Crippen LogP contribution in [0.2, 0.25) is 5.02 Å². The van der Waals surface area contributed by atoms with Crippen LogP contribution >= 0.6 is 11.6 Å². The summed E-state index contributed by atoms with van der Waals surface area (Å²) in [4.78, 5) is 28.1. The molecule has 1 saturated heterocycles. The van der Waals surface area contributed by atoms with Crippen molar-refractivity contribution in [3.63, 3.8) is 0 Å². The highest BCUT2D eigenvalue weighted by Crippen LogP contribution is 2.46. The van der Waals surface area contributed by atoms with Gasteiger partial charge in [-0.25, -0.2) is 0 Å². The summed E-state index contributed by atoms with van der Waals surface area (Å²) in [6, 6.07) is 25.8. The smallest absolute Gasteiger partial charge is 0.300 e. The quantitative estimate of drug-likeness (QED) is 0.151. The predicted octanol–water partition coefficient (Wildman–Crippen LogP) is 6.86. The Hall–Kier alpha value is -4.75. The molecule has 4 aromatic carbocycles. The van der Waals surface area contributed by atoms with Crippen LogP contribution in [0.4, 0.5) is 5.69 Å². The molecule has 0 aromatic heterocycles. The summed E-state index contributed by atoms with van der Waals surface area (Å²) in [7, 11) is 0. The van der Waals surface area contributed by atoms with Gasteiger partial charge >= 0.3 is 0 Å². The monoisotopic (exact) mass is 541 g/mol. The Morgan fingerprint density at radius 1 is 0.872 bits per heavy atom. The summed E-state index contributed by atoms with van der Waals surface area (Å²) in [6.45, 7) is 2.20. The van der Waals surface area contributed by atoms with Crippen LogP contribution in [0.25, 0.3) is 5.76 Å². The van der Waals surface area contributed by atoms with Crippen LogP contribution in [0.5, 0.6) is 23.0 Å². The number of ketones is 1. The van der Waals surface area contributed by atoms with Gasteiger partial charge in [0.05, 0.1) is 28.9 Å². The molecule has 5 rings (SSSR count). The fourth-order valence-electron chi connectivity index (χ4n) is 4.52. The minimum atomic E-state index is -1.09. The molecule has 1 fully saturated rings. The number of ether oxygens (including phenoxy) is 2. The van der Waals surface area contributed by atoms with Crippen LogP contribution < -0.4 is 14.4 Å². The lowest BCUT2D eigenvalue weighted by atomic mass is 9.94. The molecule has 196 valence electrons. The van der Waals surface area contributed by atoms with Crippen molar-refractivity contribution >= 4 is 34.7 Å². The third-order valence-corrected chi connectivity index (χ3v) is 6.57. The van der Waals surface area contributed by atoms with Crippen molar-refractivity contribution in [2.75, 3.05) is 11.5 Å². The number of aromatic hydroxyl groups is 1. The second-order valence-corrected chi connectivity index (χ2v) is 9.13. The first-order chi connectivity index (χ1) is 18.9. The first kappa shape index (κ1) is 25.9. The number of phenolic OH excluding ortho intramolecular Hbond substituents is 1. The Labute approximate surface area is 230 Å². The highest BCUT2D eigenvalue weighted by Gasteiger charge is 2.48. The number of hydrogen-bond donors (Lipinski definition) is 2. The van der Waals surface area contributed by atoms with E-state index in [0.717, 1.165) is 0 Å². The van der Waals surface area contributed by atoms with E-state index in [1.165, 1.54) is 23.1 Å². The van der Waals surface area contributed by atoms with Crippen molar-refractivity contribution in [1.82, 2.24) is 0 Å². The van der Waals surface area contributed by atoms with Gasteiger partial charge in [0.25, 0.3) is 11.7 Å². The van der Waals surface area contributed by atoms with Gasteiger partial charge in [-0.15, -0.1) is 0 Å². The molecule has 4 aromatic rings. The predicted molar refractivity (Wildman–Crippen MR) is 148 cm³/mol. The first-order valence-electron chi connectivity index (χ1n) is 12.2. The van der Waals surface area contributed by atoms with Crippen LogP contribution in [0.3, 0.4) is 0 Å². The number of aliphatic hydroxyl groups excluding tert-OH is 1. The third-order valence-electron chi connectivity index (χ3n) is 6.24. The largest absolute Gasteiger partial charge is 0.507 e. The number of Topliss-reactive ketones (excluding diaryl/α,β-unsaturated/α-hetero) is 1. The molecule has 1 atom stereocenters. The summed E-state index contributed by atoms with van der Waals surface area (Å²) in [5.41, 5.74) is 0.548. The number of hydrogen-bond acceptors (Lipinski definition) is 6. The van der Waals surface area contributed by atoms with E-state index in [4.69, 9.17) is 21.1 Å². The standard InChI is InChI=1S/C31H24ClNO6/c1-2-38-21-15-16-24(32)23(18-21)29(35)27-28(33(31(37)30(27)36)25-13-6-7-14-26(25)34)19-9-8-12-22(17-19)39-20-10-4-3-5-11-20/h3-18,28,34-35H,2H2,1H3/b29-27+. The zero-order valence-electron chi connectivity index (χ0n) is 20.9. The summed E-state index contributed by atoms with van der Waals surface area (Å²) in [5, 5.41) is 22.3. The van der Waals surface area contributed by atoms with Crippen molar-refractivity contribution in [2.24, 2.45) is 0 Å². The first-order valence-corrected chi connectivity index (χ1v) is 12.6. The van der Waals surface area contributed by atoms with E-state index in [2.05, 4.69) is 0 Å². The van der Waals surface area contributed by atoms with E-state index < -0.39 is 23.5 Å². The van der Waals surface area contributed by atoms with Crippen LogP contribution in [0.1, 0.15) is 24.1 Å². The molecule has 0 aliphatic carbocycles. The SMILES string of the molecule is CCOc1ccc(Cl)c(/C(O)=C2\C(=O)C(=O)N(c3ccccc3O)C2c2cccc(Oc3ccccc3)c2)c1. The zero-order valence-corrected chi connectivity index (χ0v) is 21.6. The van der Waals surface area contributed by atoms with Crippen molar-refractivity contribution in [2.45, 2.75) is 13.0 Å². The van der Waals surface area contributed by atoms with Crippen LogP contribution in [-0.2, 0) is 9.59 Å². The van der Waals surface area contributed by atoms with Crippen molar-refractivity contribution < 1.29 is 29.3 Å². The Morgan fingerprint density at radius 3 is 2.33 bits per heavy atom. The number of para-hydroxylation sites is 3. The maximum absolute atomic E-state index is 13.5. The zero-order chi connectivity index (χ0) is 27.5. The highest BCUT2D eigenvalue weighted by atomic mass is 35.5. The summed E-state index contributed by atoms with van der Waals surface area (Å²) in [5.74, 6) is -0.993. The Bertz CT molecular complexity index is 1580. The molecule has 1 unspecified atom stereocenters. The molecular weight excluding hydrogens is 518 g/mol. The lowest BCUT2D eigenvalue weighted by Gasteiger charge is -2.26. The highest BCUT2D eigenvalue weighted by molar-refractivity contribution is 6.52. The molecule has 0 bridgehead atoms. The maximum Gasteiger partial charge on any atom is 0.300 e. The molecule has 2 N–H and O–H groups in total. The Balaban J connectivity index is 1.70. The molecule has 0 radical (unpaired) electrons. The second kappa shape index (κ2) is 10.9. The van der Waals surface area contributed by atoms with Gasteiger partial charge in [-0.1, -0.05) is 54.1 Å². The lowest BCUT2D eigenvalue weighted by molar-refractivity contribution is -0.132. The molecule has 39 heavy (non-hydrogen) atoms. The maximum atomic E-state index is 13.5. The Morgan fingerprint density at radius 2 is 1.59 bits per heavy atom. The molecule has 8 heteroatoms. The van der Waals surface area contributed by atoms with Gasteiger partial charge in [0.15, 0.2) is 0 Å². The minimum Gasteiger partial charge on any atom is -0.507 e. The molecule has 1 heterocycles. The molecule has 7 nitrogen and oxygen atoms in total. The number of nitrogens with zero attached hydrogens (tertiary/aromatic N) is 1. The van der Waals surface area contributed by atoms with E-state index >= 15 is 0 Å². The van der Waals surface area contributed by atoms with Gasteiger partial charge in [-0.2, -0.15) is 0 Å². The van der Waals surface area contributed by atoms with Crippen molar-refractivity contribution in [1.29, 1.82) is 0 Å². The molecule has 1 aliphatic heterocycles. The number of phenols is 1. The number of halogens is 1. The van der Waals surface area contributed by atoms with Gasteiger partial charge in [-0.3, -0.25) is 14.5 Å². The van der Waals surface area contributed by atoms with E-state index in [1.54, 1.807) is 60.7 Å². The van der Waals surface area contributed by atoms with Gasteiger partial charge in [0.2, 0.25) is 0 Å². The number of anilines is 1. The van der Waals surface area contributed by atoms with E-state index in [9.17, 15) is 19.8 Å². The average Bonchev–Trinajstić information content (AvgIpc) is 3.20. The summed E-state index contributed by atoms with van der Waals surface area (Å²) in [6.07, 6.45) is 0. The second-order valence-electron chi connectivity index (χ2n) is 8.72. The number of amides is 1. The number of aliphatic hydroxyl groups is 1. The average molecular weight is 542 g/mol. The number of carbonyl (C=O) groups is 2.